The highest BCUT2D eigenvalue weighted by Crippen LogP contribution is 2.39. The third-order valence-electron chi connectivity index (χ3n) is 6.83. The number of likely N-dealkylation sites (tertiary alicyclic amines) is 2. The number of hydrogen-bond acceptors (Lipinski definition) is 3. The Morgan fingerprint density at radius 2 is 1.57 bits per heavy atom. The zero-order chi connectivity index (χ0) is 19.7. The van der Waals surface area contributed by atoms with Crippen molar-refractivity contribution >= 4 is 17.7 Å². The van der Waals surface area contributed by atoms with Crippen molar-refractivity contribution in [3.05, 3.63) is 35.9 Å². The number of nitrogens with zero attached hydrogens (tertiary/aromatic N) is 2. The molecule has 28 heavy (non-hydrogen) atoms. The van der Waals surface area contributed by atoms with E-state index in [0.29, 0.717) is 13.0 Å². The van der Waals surface area contributed by atoms with Gasteiger partial charge in [-0.25, -0.2) is 0 Å². The number of piperidine rings is 1. The first-order valence-corrected chi connectivity index (χ1v) is 10.8. The Hall–Kier alpha value is -2.17. The van der Waals surface area contributed by atoms with Crippen LogP contribution in [0.25, 0.3) is 0 Å². The molecule has 2 saturated heterocycles. The summed E-state index contributed by atoms with van der Waals surface area (Å²) in [6.07, 6.45) is 7.04. The fraction of sp³-hybridized carbons (Fsp3) is 0.609. The molecule has 2 heterocycles. The highest BCUT2D eigenvalue weighted by atomic mass is 16.2. The van der Waals surface area contributed by atoms with Gasteiger partial charge in [-0.3, -0.25) is 19.3 Å². The number of carbonyl (C=O) groups excluding carboxylic acids is 3. The molecule has 0 bridgehead atoms. The Labute approximate surface area is 167 Å². The Bertz CT molecular complexity index is 723. The minimum Gasteiger partial charge on any atom is -0.338 e. The van der Waals surface area contributed by atoms with Gasteiger partial charge in [0.2, 0.25) is 17.7 Å². The van der Waals surface area contributed by atoms with Crippen LogP contribution >= 0.6 is 0 Å². The molecule has 4 rings (SSSR count). The fourth-order valence-corrected chi connectivity index (χ4v) is 5.24. The first-order valence-electron chi connectivity index (χ1n) is 10.8. The van der Waals surface area contributed by atoms with Gasteiger partial charge in [0, 0.05) is 19.0 Å². The third-order valence-corrected chi connectivity index (χ3v) is 6.83. The average molecular weight is 383 g/mol. The molecule has 0 radical (unpaired) electrons. The van der Waals surface area contributed by atoms with E-state index in [1.54, 1.807) is 0 Å². The molecule has 150 valence electrons. The molecule has 0 unspecified atom stereocenters. The maximum atomic E-state index is 13.6. The third kappa shape index (κ3) is 3.47. The van der Waals surface area contributed by atoms with Gasteiger partial charge < -0.3 is 4.90 Å². The monoisotopic (exact) mass is 382 g/mol. The van der Waals surface area contributed by atoms with Crippen LogP contribution in [0.2, 0.25) is 0 Å². The predicted molar refractivity (Wildman–Crippen MR) is 106 cm³/mol. The topological polar surface area (TPSA) is 57.7 Å². The molecule has 0 N–H and O–H groups in total. The minimum atomic E-state index is -0.714. The molecule has 3 aliphatic rings. The zero-order valence-corrected chi connectivity index (χ0v) is 16.7. The van der Waals surface area contributed by atoms with Crippen molar-refractivity contribution in [3.8, 4) is 0 Å². The molecule has 3 fully saturated rings. The average Bonchev–Trinajstić information content (AvgIpc) is 2.98. The molecular formula is C23H30N2O3. The van der Waals surface area contributed by atoms with Crippen LogP contribution in [0.15, 0.2) is 30.3 Å². The maximum absolute atomic E-state index is 13.6. The van der Waals surface area contributed by atoms with Crippen molar-refractivity contribution < 1.29 is 14.4 Å². The van der Waals surface area contributed by atoms with Gasteiger partial charge in [0.15, 0.2) is 0 Å². The molecule has 0 spiro atoms. The summed E-state index contributed by atoms with van der Waals surface area (Å²) in [5.74, 6) is -0.726. The van der Waals surface area contributed by atoms with Crippen molar-refractivity contribution in [1.82, 2.24) is 9.80 Å². The summed E-state index contributed by atoms with van der Waals surface area (Å²) < 4.78 is 0. The summed E-state index contributed by atoms with van der Waals surface area (Å²) in [5.41, 5.74) is 0.987. The molecular weight excluding hydrogens is 352 g/mol. The van der Waals surface area contributed by atoms with Gasteiger partial charge in [-0.05, 0) is 44.6 Å². The summed E-state index contributed by atoms with van der Waals surface area (Å²) in [6.45, 7) is 2.79. The SMILES string of the molecule is C[C@@H]1CCCCN1C(=O)[C@H](Cc1ccccc1)N1C(=O)[C@H]2CCCC[C@H]2C1=O. The minimum absolute atomic E-state index is 0.0589. The van der Waals surface area contributed by atoms with Crippen LogP contribution in [0.5, 0.6) is 0 Å². The summed E-state index contributed by atoms with van der Waals surface area (Å²) in [7, 11) is 0. The molecule has 4 atom stereocenters. The van der Waals surface area contributed by atoms with E-state index in [0.717, 1.165) is 50.5 Å². The fourth-order valence-electron chi connectivity index (χ4n) is 5.24. The van der Waals surface area contributed by atoms with Crippen LogP contribution in [-0.2, 0) is 20.8 Å². The number of amides is 3. The Kier molecular flexibility index (Phi) is 5.51. The van der Waals surface area contributed by atoms with E-state index in [1.165, 1.54) is 4.90 Å². The molecule has 0 aromatic heterocycles. The normalized spacial score (nSPS) is 29.0. The van der Waals surface area contributed by atoms with Crippen molar-refractivity contribution in [3.63, 3.8) is 0 Å². The number of fused-ring (bicyclic) bond motifs is 1. The predicted octanol–water partition coefficient (Wildman–Crippen LogP) is 3.17. The lowest BCUT2D eigenvalue weighted by atomic mass is 9.81. The van der Waals surface area contributed by atoms with E-state index in [4.69, 9.17) is 0 Å². The van der Waals surface area contributed by atoms with Gasteiger partial charge >= 0.3 is 0 Å². The van der Waals surface area contributed by atoms with E-state index in [-0.39, 0.29) is 35.6 Å². The molecule has 5 heteroatoms. The Morgan fingerprint density at radius 3 is 2.18 bits per heavy atom. The second kappa shape index (κ2) is 8.06. The van der Waals surface area contributed by atoms with Gasteiger partial charge in [-0.2, -0.15) is 0 Å². The number of imide groups is 1. The highest BCUT2D eigenvalue weighted by molar-refractivity contribution is 6.08. The van der Waals surface area contributed by atoms with Crippen LogP contribution in [0, 0.1) is 11.8 Å². The lowest BCUT2D eigenvalue weighted by Gasteiger charge is -2.38. The van der Waals surface area contributed by atoms with Crippen LogP contribution in [0.4, 0.5) is 0 Å². The van der Waals surface area contributed by atoms with Crippen LogP contribution in [-0.4, -0.2) is 46.1 Å². The number of rotatable bonds is 4. The highest BCUT2D eigenvalue weighted by Gasteiger charge is 2.52. The molecule has 3 amide bonds. The standard InChI is InChI=1S/C23H30N2O3/c1-16-9-7-8-14-24(16)23(28)20(15-17-10-3-2-4-11-17)25-21(26)18-12-5-6-13-19(18)22(25)27/h2-4,10-11,16,18-20H,5-9,12-15H2,1H3/t16-,18-,19+,20+/m1/s1. The molecule has 1 aromatic carbocycles. The second-order valence-corrected chi connectivity index (χ2v) is 8.63. The number of benzene rings is 1. The Morgan fingerprint density at radius 1 is 0.964 bits per heavy atom. The summed E-state index contributed by atoms with van der Waals surface area (Å²) in [6, 6.07) is 9.20. The molecule has 2 aliphatic heterocycles. The van der Waals surface area contributed by atoms with E-state index >= 15 is 0 Å². The number of hydrogen-bond donors (Lipinski definition) is 0. The van der Waals surface area contributed by atoms with Crippen molar-refractivity contribution in [2.75, 3.05) is 6.54 Å². The first-order chi connectivity index (χ1) is 13.6. The lowest BCUT2D eigenvalue weighted by molar-refractivity contribution is -0.153. The molecule has 1 aliphatic carbocycles. The van der Waals surface area contributed by atoms with E-state index in [1.807, 2.05) is 35.2 Å². The zero-order valence-electron chi connectivity index (χ0n) is 16.7. The van der Waals surface area contributed by atoms with Gasteiger partial charge in [-0.1, -0.05) is 43.2 Å². The van der Waals surface area contributed by atoms with E-state index in [2.05, 4.69) is 6.92 Å². The maximum Gasteiger partial charge on any atom is 0.246 e. The van der Waals surface area contributed by atoms with Crippen molar-refractivity contribution in [2.24, 2.45) is 11.8 Å². The van der Waals surface area contributed by atoms with Crippen LogP contribution in [0.3, 0.4) is 0 Å². The van der Waals surface area contributed by atoms with E-state index in [9.17, 15) is 14.4 Å². The summed E-state index contributed by atoms with van der Waals surface area (Å²) >= 11 is 0. The summed E-state index contributed by atoms with van der Waals surface area (Å²) in [4.78, 5) is 43.2. The van der Waals surface area contributed by atoms with Crippen LogP contribution in [0.1, 0.15) is 57.4 Å². The quantitative estimate of drug-likeness (QED) is 0.752. The smallest absolute Gasteiger partial charge is 0.246 e. The molecule has 1 saturated carbocycles. The first kappa shape index (κ1) is 19.2. The second-order valence-electron chi connectivity index (χ2n) is 8.63. The summed E-state index contributed by atoms with van der Waals surface area (Å²) in [5, 5.41) is 0. The largest absolute Gasteiger partial charge is 0.338 e. The van der Waals surface area contributed by atoms with E-state index < -0.39 is 6.04 Å². The van der Waals surface area contributed by atoms with Crippen molar-refractivity contribution in [1.29, 1.82) is 0 Å². The Balaban J connectivity index is 1.65. The van der Waals surface area contributed by atoms with Gasteiger partial charge in [0.1, 0.15) is 6.04 Å². The molecule has 5 nitrogen and oxygen atoms in total. The van der Waals surface area contributed by atoms with Gasteiger partial charge in [-0.15, -0.1) is 0 Å². The lowest BCUT2D eigenvalue weighted by Crippen LogP contribution is -2.55. The van der Waals surface area contributed by atoms with Gasteiger partial charge in [0.05, 0.1) is 11.8 Å². The number of carbonyl (C=O) groups is 3. The van der Waals surface area contributed by atoms with Gasteiger partial charge in [0.25, 0.3) is 0 Å². The molecule has 1 aromatic rings. The van der Waals surface area contributed by atoms with Crippen molar-refractivity contribution in [2.45, 2.75) is 70.4 Å². The van der Waals surface area contributed by atoms with Crippen LogP contribution < -0.4 is 0 Å².